The maximum Gasteiger partial charge on any atom is 0.307 e. The Balaban J connectivity index is 2.30. The summed E-state index contributed by atoms with van der Waals surface area (Å²) in [5, 5.41) is 22.9. The number of aromatic nitrogens is 6. The number of sulfone groups is 1. The van der Waals surface area contributed by atoms with E-state index in [1.54, 1.807) is 0 Å². The van der Waals surface area contributed by atoms with Crippen LogP contribution in [0, 0.1) is 5.92 Å². The Bertz CT molecular complexity index is 775. The van der Waals surface area contributed by atoms with E-state index in [0.29, 0.717) is 24.2 Å². The lowest BCUT2D eigenvalue weighted by Crippen LogP contribution is -2.25. The van der Waals surface area contributed by atoms with Gasteiger partial charge in [-0.1, -0.05) is 18.6 Å². The molecule has 2 heterocycles. The van der Waals surface area contributed by atoms with Crippen molar-refractivity contribution in [3.8, 4) is 0 Å². The molecule has 10 nitrogen and oxygen atoms in total. The van der Waals surface area contributed by atoms with Crippen LogP contribution in [0.5, 0.6) is 0 Å². The number of carboxylic acids is 1. The standard InChI is InChI=1S/C13H18N6O4S/c1-3-4-9(12(20)21)10(11-16-18-19-17-11)5-8-6-14-13(15-7-8)24(2,22)23/h6-7,9-10H,3-5H2,1-2H3,(H,20,21)(H,16,17,18,19). The lowest BCUT2D eigenvalue weighted by atomic mass is 9.84. The topological polar surface area (TPSA) is 152 Å². The molecule has 0 amide bonds. The third-order valence-electron chi connectivity index (χ3n) is 3.56. The van der Waals surface area contributed by atoms with E-state index in [0.717, 1.165) is 6.26 Å². The quantitative estimate of drug-likeness (QED) is 0.634. The molecule has 0 saturated heterocycles. The number of H-pyrrole nitrogens is 1. The minimum atomic E-state index is -3.49. The van der Waals surface area contributed by atoms with Crippen LogP contribution in [0.3, 0.4) is 0 Å². The molecule has 0 bridgehead atoms. The number of aromatic amines is 1. The molecule has 11 heteroatoms. The number of hydrogen-bond acceptors (Lipinski definition) is 8. The molecule has 0 aliphatic heterocycles. The Hall–Kier alpha value is -2.43. The van der Waals surface area contributed by atoms with Crippen molar-refractivity contribution in [3.05, 3.63) is 23.8 Å². The van der Waals surface area contributed by atoms with Crippen molar-refractivity contribution in [1.29, 1.82) is 0 Å². The highest BCUT2D eigenvalue weighted by Gasteiger charge is 2.32. The van der Waals surface area contributed by atoms with Gasteiger partial charge in [-0.25, -0.2) is 18.4 Å². The smallest absolute Gasteiger partial charge is 0.307 e. The second-order valence-corrected chi connectivity index (χ2v) is 7.37. The molecule has 130 valence electrons. The second-order valence-electron chi connectivity index (χ2n) is 5.46. The summed E-state index contributed by atoms with van der Waals surface area (Å²) in [6.07, 6.45) is 5.18. The summed E-state index contributed by atoms with van der Waals surface area (Å²) in [7, 11) is -3.49. The molecule has 2 aromatic rings. The molecular weight excluding hydrogens is 336 g/mol. The summed E-state index contributed by atoms with van der Waals surface area (Å²) in [4.78, 5) is 19.3. The van der Waals surface area contributed by atoms with Gasteiger partial charge in [-0.2, -0.15) is 5.21 Å². The number of aliphatic carboxylic acids is 1. The van der Waals surface area contributed by atoms with Gasteiger partial charge in [0.2, 0.25) is 15.0 Å². The van der Waals surface area contributed by atoms with Crippen LogP contribution in [0.4, 0.5) is 0 Å². The molecule has 0 fully saturated rings. The van der Waals surface area contributed by atoms with Gasteiger partial charge in [-0.15, -0.1) is 10.2 Å². The first-order valence-corrected chi connectivity index (χ1v) is 9.19. The molecule has 2 atom stereocenters. The summed E-state index contributed by atoms with van der Waals surface area (Å²) < 4.78 is 22.8. The Morgan fingerprint density at radius 1 is 1.33 bits per heavy atom. The minimum Gasteiger partial charge on any atom is -0.481 e. The van der Waals surface area contributed by atoms with E-state index < -0.39 is 27.6 Å². The summed E-state index contributed by atoms with van der Waals surface area (Å²) in [5.41, 5.74) is 0.597. The molecule has 0 spiro atoms. The largest absolute Gasteiger partial charge is 0.481 e. The summed E-state index contributed by atoms with van der Waals surface area (Å²) in [5.74, 6) is -1.86. The van der Waals surface area contributed by atoms with Gasteiger partial charge in [0.1, 0.15) is 0 Å². The molecule has 0 aromatic carbocycles. The van der Waals surface area contributed by atoms with Crippen molar-refractivity contribution in [2.75, 3.05) is 6.26 Å². The zero-order chi connectivity index (χ0) is 17.7. The van der Waals surface area contributed by atoms with E-state index in [2.05, 4.69) is 30.6 Å². The third kappa shape index (κ3) is 4.31. The molecule has 2 unspecified atom stereocenters. The summed E-state index contributed by atoms with van der Waals surface area (Å²) in [6, 6.07) is 0. The van der Waals surface area contributed by atoms with Gasteiger partial charge in [-0.05, 0) is 18.4 Å². The maximum atomic E-state index is 11.6. The number of carbonyl (C=O) groups is 1. The molecule has 0 aliphatic rings. The average Bonchev–Trinajstić information content (AvgIpc) is 3.04. The van der Waals surface area contributed by atoms with Gasteiger partial charge >= 0.3 is 5.97 Å². The van der Waals surface area contributed by atoms with Crippen molar-refractivity contribution in [2.24, 2.45) is 5.92 Å². The fraction of sp³-hybridized carbons (Fsp3) is 0.538. The van der Waals surface area contributed by atoms with E-state index in [4.69, 9.17) is 0 Å². The lowest BCUT2D eigenvalue weighted by molar-refractivity contribution is -0.143. The van der Waals surface area contributed by atoms with E-state index in [-0.39, 0.29) is 11.6 Å². The van der Waals surface area contributed by atoms with Gasteiger partial charge in [0.05, 0.1) is 5.92 Å². The van der Waals surface area contributed by atoms with Crippen molar-refractivity contribution in [2.45, 2.75) is 37.3 Å². The fourth-order valence-electron chi connectivity index (χ4n) is 2.44. The maximum absolute atomic E-state index is 11.6. The van der Waals surface area contributed by atoms with Crippen LogP contribution in [0.1, 0.15) is 37.1 Å². The van der Waals surface area contributed by atoms with Crippen LogP contribution in [0.25, 0.3) is 0 Å². The average molecular weight is 354 g/mol. The SMILES string of the molecule is CCCC(C(=O)O)C(Cc1cnc(S(C)(=O)=O)nc1)c1nn[nH]n1. The number of nitrogens with one attached hydrogen (secondary N) is 1. The first-order valence-electron chi connectivity index (χ1n) is 7.30. The lowest BCUT2D eigenvalue weighted by Gasteiger charge is -2.20. The first-order chi connectivity index (χ1) is 11.3. The van der Waals surface area contributed by atoms with Crippen LogP contribution in [0.2, 0.25) is 0 Å². The Labute approximate surface area is 138 Å². The van der Waals surface area contributed by atoms with Crippen LogP contribution >= 0.6 is 0 Å². The first kappa shape index (κ1) is 17.9. The van der Waals surface area contributed by atoms with Crippen LogP contribution in [-0.2, 0) is 21.1 Å². The Kier molecular flexibility index (Phi) is 5.54. The van der Waals surface area contributed by atoms with E-state index in [1.807, 2.05) is 6.92 Å². The molecule has 2 aromatic heterocycles. The normalized spacial score (nSPS) is 14.2. The molecule has 0 aliphatic carbocycles. The number of hydrogen-bond donors (Lipinski definition) is 2. The van der Waals surface area contributed by atoms with Gasteiger partial charge in [0.25, 0.3) is 0 Å². The van der Waals surface area contributed by atoms with E-state index in [1.165, 1.54) is 12.4 Å². The highest BCUT2D eigenvalue weighted by Crippen LogP contribution is 2.29. The Morgan fingerprint density at radius 2 is 2.00 bits per heavy atom. The van der Waals surface area contributed by atoms with Gasteiger partial charge < -0.3 is 5.11 Å². The zero-order valence-corrected chi connectivity index (χ0v) is 14.1. The van der Waals surface area contributed by atoms with Crippen LogP contribution in [0.15, 0.2) is 17.6 Å². The van der Waals surface area contributed by atoms with Gasteiger partial charge in [-0.3, -0.25) is 4.79 Å². The minimum absolute atomic E-state index is 0.264. The predicted octanol–water partition coefficient (Wildman–Crippen LogP) is 0.220. The van der Waals surface area contributed by atoms with Crippen LogP contribution in [-0.4, -0.2) is 56.3 Å². The molecule has 2 N–H and O–H groups in total. The van der Waals surface area contributed by atoms with E-state index >= 15 is 0 Å². The zero-order valence-electron chi connectivity index (χ0n) is 13.2. The van der Waals surface area contributed by atoms with Gasteiger partial charge in [0, 0.05) is 24.6 Å². The number of nitrogens with zero attached hydrogens (tertiary/aromatic N) is 5. The molecule has 0 radical (unpaired) electrons. The van der Waals surface area contributed by atoms with Crippen molar-refractivity contribution >= 4 is 15.8 Å². The fourth-order valence-corrected chi connectivity index (χ4v) is 2.93. The number of rotatable bonds is 8. The second kappa shape index (κ2) is 7.43. The highest BCUT2D eigenvalue weighted by molar-refractivity contribution is 7.90. The number of carboxylic acid groups (broad SMARTS) is 1. The molecule has 0 saturated carbocycles. The summed E-state index contributed by atoms with van der Waals surface area (Å²) >= 11 is 0. The third-order valence-corrected chi connectivity index (χ3v) is 4.44. The van der Waals surface area contributed by atoms with Gasteiger partial charge in [0.15, 0.2) is 5.82 Å². The van der Waals surface area contributed by atoms with Crippen LogP contribution < -0.4 is 0 Å². The monoisotopic (exact) mass is 354 g/mol. The Morgan fingerprint density at radius 3 is 2.46 bits per heavy atom. The van der Waals surface area contributed by atoms with E-state index in [9.17, 15) is 18.3 Å². The van der Waals surface area contributed by atoms with Crippen molar-refractivity contribution in [1.82, 2.24) is 30.6 Å². The molecular formula is C13H18N6O4S. The highest BCUT2D eigenvalue weighted by atomic mass is 32.2. The number of tetrazole rings is 1. The van der Waals surface area contributed by atoms with Crippen molar-refractivity contribution < 1.29 is 18.3 Å². The van der Waals surface area contributed by atoms with Crippen molar-refractivity contribution in [3.63, 3.8) is 0 Å². The predicted molar refractivity (Wildman–Crippen MR) is 81.8 cm³/mol. The molecule has 2 rings (SSSR count). The molecule has 24 heavy (non-hydrogen) atoms. The summed E-state index contributed by atoms with van der Waals surface area (Å²) in [6.45, 7) is 1.90.